The molecule has 2 aromatic carbocycles. The molecule has 10 heteroatoms. The molecule has 28 heavy (non-hydrogen) atoms. The lowest BCUT2D eigenvalue weighted by molar-refractivity contribution is -0.137. The number of alkyl halides is 3. The summed E-state index contributed by atoms with van der Waals surface area (Å²) >= 11 is 5.81. The Hall–Kier alpha value is -1.81. The average Bonchev–Trinajstić information content (AvgIpc) is 3.09. The number of nitrogens with one attached hydrogen (secondary N) is 1. The van der Waals surface area contributed by atoms with Crippen molar-refractivity contribution < 1.29 is 30.9 Å². The Morgan fingerprint density at radius 2 is 1.82 bits per heavy atom. The lowest BCUT2D eigenvalue weighted by Gasteiger charge is -2.15. The molecule has 1 unspecified atom stereocenters. The van der Waals surface area contributed by atoms with Crippen LogP contribution in [0, 0.1) is 6.92 Å². The van der Waals surface area contributed by atoms with Crippen LogP contribution in [-0.2, 0) is 16.3 Å². The number of rotatable bonds is 3. The van der Waals surface area contributed by atoms with Gasteiger partial charge >= 0.3 is 6.18 Å². The van der Waals surface area contributed by atoms with Crippen LogP contribution >= 0.6 is 11.6 Å². The number of ether oxygens (including phenoxy) is 1. The molecule has 154 valence electrons. The van der Waals surface area contributed by atoms with E-state index in [1.165, 1.54) is 18.2 Å². The van der Waals surface area contributed by atoms with Crippen molar-refractivity contribution in [2.45, 2.75) is 30.5 Å². The first kappa shape index (κ1) is 22.5. The van der Waals surface area contributed by atoms with Gasteiger partial charge in [-0.1, -0.05) is 29.3 Å². The van der Waals surface area contributed by atoms with Crippen molar-refractivity contribution in [3.8, 4) is 5.75 Å². The zero-order chi connectivity index (χ0) is 20.9. The van der Waals surface area contributed by atoms with Crippen LogP contribution in [0.25, 0.3) is 0 Å². The van der Waals surface area contributed by atoms with Gasteiger partial charge in [0, 0.05) is 6.54 Å². The van der Waals surface area contributed by atoms with Gasteiger partial charge < -0.3 is 10.1 Å². The predicted octanol–water partition coefficient (Wildman–Crippen LogP) is 4.34. The molecule has 5 nitrogen and oxygen atoms in total. The van der Waals surface area contributed by atoms with Crippen LogP contribution in [0.1, 0.15) is 17.5 Å². The topological polar surface area (TPSA) is 75.6 Å². The second-order valence-electron chi connectivity index (χ2n) is 6.16. The van der Waals surface area contributed by atoms with Gasteiger partial charge in [0.15, 0.2) is 0 Å². The number of benzene rings is 2. The maximum absolute atomic E-state index is 12.5. The van der Waals surface area contributed by atoms with Gasteiger partial charge in [-0.2, -0.15) is 21.6 Å². The molecule has 1 aliphatic rings. The molecule has 2 aromatic rings. The largest absolute Gasteiger partial charge is 0.487 e. The van der Waals surface area contributed by atoms with Gasteiger partial charge in [-0.15, -0.1) is 0 Å². The Bertz CT molecular complexity index is 896. The van der Waals surface area contributed by atoms with Crippen molar-refractivity contribution in [3.63, 3.8) is 0 Å². The molecule has 0 bridgehead atoms. The summed E-state index contributed by atoms with van der Waals surface area (Å²) in [5, 5.41) is 3.27. The molecular weight excluding hydrogens is 419 g/mol. The Morgan fingerprint density at radius 1 is 1.18 bits per heavy atom. The van der Waals surface area contributed by atoms with Crippen molar-refractivity contribution in [1.82, 2.24) is 5.32 Å². The highest BCUT2D eigenvalue weighted by Gasteiger charge is 2.31. The summed E-state index contributed by atoms with van der Waals surface area (Å²) in [6.45, 7) is 3.28. The standard InChI is InChI=1S/C11H11ClF3NO.C7H8O3S/c12-9-2-1-7(11(13,14)15)5-10(9)17-8-3-4-16-6-8;1-6-2-4-7(5-3-6)11(8,9)10/h1-2,5,8,16H,3-4,6H2;2-5H,1H3,(H,8,9,10). The zero-order valence-corrected chi connectivity index (χ0v) is 16.4. The first-order valence-electron chi connectivity index (χ1n) is 8.25. The summed E-state index contributed by atoms with van der Waals surface area (Å²) in [7, 11) is -4.02. The number of halogens is 4. The van der Waals surface area contributed by atoms with Crippen LogP contribution in [0.15, 0.2) is 47.4 Å². The minimum atomic E-state index is -4.38. The number of aryl methyl sites for hydroxylation is 1. The highest BCUT2D eigenvalue weighted by atomic mass is 35.5. The zero-order valence-electron chi connectivity index (χ0n) is 14.8. The van der Waals surface area contributed by atoms with Crippen molar-refractivity contribution in [3.05, 3.63) is 58.6 Å². The van der Waals surface area contributed by atoms with Crippen LogP contribution in [-0.4, -0.2) is 32.2 Å². The molecule has 0 aromatic heterocycles. The summed E-state index contributed by atoms with van der Waals surface area (Å²) in [5.41, 5.74) is 0.209. The SMILES string of the molecule is Cc1ccc(S(=O)(=O)O)cc1.FC(F)(F)c1ccc(Cl)c(OC2CCNC2)c1. The van der Waals surface area contributed by atoms with Gasteiger partial charge in [0.05, 0.1) is 15.5 Å². The smallest absolute Gasteiger partial charge is 0.416 e. The maximum atomic E-state index is 12.5. The quantitative estimate of drug-likeness (QED) is 0.698. The normalized spacial score (nSPS) is 17.0. The summed E-state index contributed by atoms with van der Waals surface area (Å²) in [4.78, 5) is -0.0666. The fourth-order valence-electron chi connectivity index (χ4n) is 2.39. The fraction of sp³-hybridized carbons (Fsp3) is 0.333. The fourth-order valence-corrected chi connectivity index (χ4v) is 3.03. The molecule has 0 saturated carbocycles. The summed E-state index contributed by atoms with van der Waals surface area (Å²) in [6, 6.07) is 9.09. The maximum Gasteiger partial charge on any atom is 0.416 e. The van der Waals surface area contributed by atoms with E-state index in [0.717, 1.165) is 30.7 Å². The van der Waals surface area contributed by atoms with E-state index in [1.54, 1.807) is 12.1 Å². The molecule has 3 rings (SSSR count). The van der Waals surface area contributed by atoms with Crippen LogP contribution in [0.5, 0.6) is 5.75 Å². The van der Waals surface area contributed by atoms with E-state index in [-0.39, 0.29) is 21.8 Å². The van der Waals surface area contributed by atoms with Gasteiger partial charge in [-0.25, -0.2) is 0 Å². The molecule has 0 spiro atoms. The molecule has 1 fully saturated rings. The molecule has 2 N–H and O–H groups in total. The van der Waals surface area contributed by atoms with Gasteiger partial charge in [0.1, 0.15) is 11.9 Å². The van der Waals surface area contributed by atoms with Crippen LogP contribution in [0.4, 0.5) is 13.2 Å². The van der Waals surface area contributed by atoms with E-state index in [9.17, 15) is 21.6 Å². The third-order valence-electron chi connectivity index (χ3n) is 3.89. The van der Waals surface area contributed by atoms with Crippen molar-refractivity contribution >= 4 is 21.7 Å². The Morgan fingerprint density at radius 3 is 2.32 bits per heavy atom. The van der Waals surface area contributed by atoms with E-state index in [1.807, 2.05) is 6.92 Å². The lowest BCUT2D eigenvalue weighted by atomic mass is 10.2. The molecular formula is C18H19ClF3NO4S. The molecule has 1 aliphatic heterocycles. The van der Waals surface area contributed by atoms with E-state index in [4.69, 9.17) is 20.9 Å². The van der Waals surface area contributed by atoms with E-state index >= 15 is 0 Å². The Kier molecular flexibility index (Phi) is 7.33. The summed E-state index contributed by atoms with van der Waals surface area (Å²) in [5.74, 6) is 0.0928. The minimum absolute atomic E-state index is 0.0666. The highest BCUT2D eigenvalue weighted by Crippen LogP contribution is 2.35. The first-order chi connectivity index (χ1) is 13.0. The van der Waals surface area contributed by atoms with Crippen molar-refractivity contribution in [2.24, 2.45) is 0 Å². The molecule has 1 atom stereocenters. The second-order valence-corrected chi connectivity index (χ2v) is 7.99. The van der Waals surface area contributed by atoms with E-state index < -0.39 is 21.9 Å². The average molecular weight is 438 g/mol. The first-order valence-corrected chi connectivity index (χ1v) is 10.1. The molecule has 1 heterocycles. The Balaban J connectivity index is 0.000000221. The lowest BCUT2D eigenvalue weighted by Crippen LogP contribution is -2.20. The van der Waals surface area contributed by atoms with Gasteiger partial charge in [0.2, 0.25) is 0 Å². The van der Waals surface area contributed by atoms with Crippen molar-refractivity contribution in [2.75, 3.05) is 13.1 Å². The molecule has 1 saturated heterocycles. The molecule has 0 aliphatic carbocycles. The van der Waals surface area contributed by atoms with E-state index in [0.29, 0.717) is 6.54 Å². The van der Waals surface area contributed by atoms with Gasteiger partial charge in [-0.05, 0) is 50.2 Å². The van der Waals surface area contributed by atoms with E-state index in [2.05, 4.69) is 5.32 Å². The third-order valence-corrected chi connectivity index (χ3v) is 5.07. The highest BCUT2D eigenvalue weighted by molar-refractivity contribution is 7.85. The predicted molar refractivity (Wildman–Crippen MR) is 99.4 cm³/mol. The number of hydrogen-bond donors (Lipinski definition) is 2. The summed E-state index contributed by atoms with van der Waals surface area (Å²) in [6.07, 6.45) is -3.72. The van der Waals surface area contributed by atoms with Gasteiger partial charge in [-0.3, -0.25) is 4.55 Å². The second kappa shape index (κ2) is 9.13. The molecule has 0 amide bonds. The molecule has 0 radical (unpaired) electrons. The van der Waals surface area contributed by atoms with Crippen LogP contribution in [0.3, 0.4) is 0 Å². The monoisotopic (exact) mass is 437 g/mol. The summed E-state index contributed by atoms with van der Waals surface area (Å²) < 4.78 is 72.5. The van der Waals surface area contributed by atoms with Crippen LogP contribution in [0.2, 0.25) is 5.02 Å². The Labute approximate surface area is 166 Å². The number of hydrogen-bond acceptors (Lipinski definition) is 4. The minimum Gasteiger partial charge on any atom is -0.487 e. The van der Waals surface area contributed by atoms with Crippen LogP contribution < -0.4 is 10.1 Å². The van der Waals surface area contributed by atoms with Gasteiger partial charge in [0.25, 0.3) is 10.1 Å². The third kappa shape index (κ3) is 6.66. The van der Waals surface area contributed by atoms with Crippen molar-refractivity contribution in [1.29, 1.82) is 0 Å².